The quantitative estimate of drug-likeness (QED) is 0.618. The highest BCUT2D eigenvalue weighted by molar-refractivity contribution is 7.91. The predicted octanol–water partition coefficient (Wildman–Crippen LogP) is 0.938. The van der Waals surface area contributed by atoms with Crippen molar-refractivity contribution in [2.45, 2.75) is 25.3 Å². The van der Waals surface area contributed by atoms with Crippen LogP contribution in [0.15, 0.2) is 0 Å². The van der Waals surface area contributed by atoms with Gasteiger partial charge in [-0.2, -0.15) is 0 Å². The van der Waals surface area contributed by atoms with Crippen LogP contribution in [0, 0.1) is 5.92 Å². The Morgan fingerprint density at radius 3 is 2.62 bits per heavy atom. The predicted molar refractivity (Wildman–Crippen MR) is 68.6 cm³/mol. The van der Waals surface area contributed by atoms with Crippen molar-refractivity contribution in [1.82, 2.24) is 5.32 Å². The summed E-state index contributed by atoms with van der Waals surface area (Å²) >= 11 is 10.9. The molecule has 0 radical (unpaired) electrons. The molecule has 0 aromatic heterocycles. The number of thiocarbonyl (C=S) groups is 1. The van der Waals surface area contributed by atoms with Crippen LogP contribution in [0.5, 0.6) is 0 Å². The molecule has 1 N–H and O–H groups in total. The van der Waals surface area contributed by atoms with Crippen molar-refractivity contribution in [3.63, 3.8) is 0 Å². The molecule has 16 heavy (non-hydrogen) atoms. The molecule has 1 aliphatic rings. The van der Waals surface area contributed by atoms with E-state index < -0.39 is 15.2 Å². The summed E-state index contributed by atoms with van der Waals surface area (Å²) in [6.45, 7) is 4.53. The molecule has 1 rings (SSSR count). The maximum Gasteiger partial charge on any atom is 0.256 e. The molecule has 0 bridgehead atoms. The monoisotopic (exact) mass is 285 g/mol. The lowest BCUT2D eigenvalue weighted by atomic mass is 10.2. The SMILES string of the molecule is CC(C)COC(=S)N[C@H]1CS(=O)(=O)C[C@H]1Cl. The summed E-state index contributed by atoms with van der Waals surface area (Å²) in [4.78, 5) is 0. The van der Waals surface area contributed by atoms with Gasteiger partial charge in [-0.1, -0.05) is 13.8 Å². The van der Waals surface area contributed by atoms with Crippen molar-refractivity contribution in [3.05, 3.63) is 0 Å². The van der Waals surface area contributed by atoms with Crippen LogP contribution in [-0.4, -0.2) is 43.1 Å². The molecule has 4 nitrogen and oxygen atoms in total. The van der Waals surface area contributed by atoms with Gasteiger partial charge in [-0.05, 0) is 18.1 Å². The van der Waals surface area contributed by atoms with Gasteiger partial charge < -0.3 is 10.1 Å². The van der Waals surface area contributed by atoms with E-state index in [1.165, 1.54) is 0 Å². The molecule has 7 heteroatoms. The summed E-state index contributed by atoms with van der Waals surface area (Å²) in [6.07, 6.45) is 0. The average Bonchev–Trinajstić information content (AvgIpc) is 2.36. The number of ether oxygens (including phenoxy) is 1. The Morgan fingerprint density at radius 2 is 2.19 bits per heavy atom. The largest absolute Gasteiger partial charge is 0.471 e. The van der Waals surface area contributed by atoms with Gasteiger partial charge in [0.25, 0.3) is 5.17 Å². The summed E-state index contributed by atoms with van der Waals surface area (Å²) in [7, 11) is -3.03. The van der Waals surface area contributed by atoms with Crippen molar-refractivity contribution in [3.8, 4) is 0 Å². The molecule has 94 valence electrons. The van der Waals surface area contributed by atoms with E-state index >= 15 is 0 Å². The lowest BCUT2D eigenvalue weighted by molar-refractivity contribution is 0.251. The highest BCUT2D eigenvalue weighted by Gasteiger charge is 2.36. The molecule has 0 aliphatic carbocycles. The highest BCUT2D eigenvalue weighted by Crippen LogP contribution is 2.18. The third-order valence-electron chi connectivity index (χ3n) is 2.13. The number of hydrogen-bond donors (Lipinski definition) is 1. The Morgan fingerprint density at radius 1 is 1.56 bits per heavy atom. The van der Waals surface area contributed by atoms with Crippen LogP contribution < -0.4 is 5.32 Å². The summed E-state index contributed by atoms with van der Waals surface area (Å²) in [5.41, 5.74) is 0. The Bertz CT molecular complexity index is 356. The van der Waals surface area contributed by atoms with E-state index in [2.05, 4.69) is 5.32 Å². The molecule has 0 unspecified atom stereocenters. The van der Waals surface area contributed by atoms with Crippen LogP contribution in [0.25, 0.3) is 0 Å². The van der Waals surface area contributed by atoms with Crippen LogP contribution in [-0.2, 0) is 14.6 Å². The smallest absolute Gasteiger partial charge is 0.256 e. The van der Waals surface area contributed by atoms with E-state index in [0.717, 1.165) is 0 Å². The van der Waals surface area contributed by atoms with E-state index in [0.29, 0.717) is 12.5 Å². The van der Waals surface area contributed by atoms with Crippen molar-refractivity contribution in [2.24, 2.45) is 5.92 Å². The molecular weight excluding hydrogens is 270 g/mol. The fourth-order valence-electron chi connectivity index (χ4n) is 1.37. The first-order valence-electron chi connectivity index (χ1n) is 5.08. The van der Waals surface area contributed by atoms with E-state index in [1.54, 1.807) is 0 Å². The second-order valence-electron chi connectivity index (χ2n) is 4.34. The van der Waals surface area contributed by atoms with Gasteiger partial charge in [-0.25, -0.2) is 8.42 Å². The van der Waals surface area contributed by atoms with Gasteiger partial charge in [-0.15, -0.1) is 11.6 Å². The lowest BCUT2D eigenvalue weighted by Gasteiger charge is -2.17. The Kier molecular flexibility index (Phi) is 4.82. The first-order chi connectivity index (χ1) is 7.30. The van der Waals surface area contributed by atoms with Gasteiger partial charge in [0.15, 0.2) is 9.84 Å². The maximum atomic E-state index is 11.3. The zero-order chi connectivity index (χ0) is 12.3. The van der Waals surface area contributed by atoms with Crippen LogP contribution in [0.1, 0.15) is 13.8 Å². The zero-order valence-electron chi connectivity index (χ0n) is 9.27. The van der Waals surface area contributed by atoms with E-state index in [-0.39, 0.29) is 22.7 Å². The topological polar surface area (TPSA) is 55.4 Å². The number of sulfone groups is 1. The third-order valence-corrected chi connectivity index (χ3v) is 4.75. The fourth-order valence-corrected chi connectivity index (χ4v) is 4.14. The van der Waals surface area contributed by atoms with Crippen LogP contribution in [0.4, 0.5) is 0 Å². The molecule has 0 saturated carbocycles. The summed E-state index contributed by atoms with van der Waals surface area (Å²) in [5, 5.41) is 2.62. The minimum Gasteiger partial charge on any atom is -0.471 e. The molecule has 0 amide bonds. The van der Waals surface area contributed by atoms with E-state index in [4.69, 9.17) is 28.6 Å². The van der Waals surface area contributed by atoms with Crippen molar-refractivity contribution >= 4 is 38.8 Å². The lowest BCUT2D eigenvalue weighted by Crippen LogP contribution is -2.41. The molecule has 0 aromatic carbocycles. The first-order valence-corrected chi connectivity index (χ1v) is 7.74. The summed E-state index contributed by atoms with van der Waals surface area (Å²) in [6, 6.07) is -0.341. The second-order valence-corrected chi connectivity index (χ2v) is 7.42. The standard InChI is InChI=1S/C9H16ClNO3S2/c1-6(2)3-14-9(15)11-8-5-16(12,13)4-7(8)10/h6-8H,3-5H2,1-2H3,(H,11,15)/t7-,8+/m1/s1. The van der Waals surface area contributed by atoms with Gasteiger partial charge in [-0.3, -0.25) is 0 Å². The van der Waals surface area contributed by atoms with Gasteiger partial charge in [0.2, 0.25) is 0 Å². The van der Waals surface area contributed by atoms with Crippen LogP contribution >= 0.6 is 23.8 Å². The molecule has 1 aliphatic heterocycles. The Hall–Kier alpha value is -0.0700. The normalized spacial score (nSPS) is 28.0. The number of halogens is 1. The van der Waals surface area contributed by atoms with Crippen LogP contribution in [0.3, 0.4) is 0 Å². The molecule has 1 heterocycles. The van der Waals surface area contributed by atoms with Crippen molar-refractivity contribution < 1.29 is 13.2 Å². The van der Waals surface area contributed by atoms with Gasteiger partial charge in [0.1, 0.15) is 0 Å². The van der Waals surface area contributed by atoms with Gasteiger partial charge in [0, 0.05) is 0 Å². The van der Waals surface area contributed by atoms with Crippen molar-refractivity contribution in [1.29, 1.82) is 0 Å². The zero-order valence-corrected chi connectivity index (χ0v) is 11.7. The van der Waals surface area contributed by atoms with Crippen molar-refractivity contribution in [2.75, 3.05) is 18.1 Å². The molecule has 1 fully saturated rings. The highest BCUT2D eigenvalue weighted by atomic mass is 35.5. The fraction of sp³-hybridized carbons (Fsp3) is 0.889. The molecular formula is C9H16ClNO3S2. The third kappa shape index (κ3) is 4.43. The Balaban J connectivity index is 2.40. The maximum absolute atomic E-state index is 11.3. The summed E-state index contributed by atoms with van der Waals surface area (Å²) in [5.74, 6) is 0.393. The molecule has 1 saturated heterocycles. The average molecular weight is 286 g/mol. The number of alkyl halides is 1. The van der Waals surface area contributed by atoms with Gasteiger partial charge in [0.05, 0.1) is 29.5 Å². The van der Waals surface area contributed by atoms with E-state index in [9.17, 15) is 8.42 Å². The van der Waals surface area contributed by atoms with Gasteiger partial charge >= 0.3 is 0 Å². The Labute approximate surface area is 107 Å². The molecule has 0 aromatic rings. The minimum absolute atomic E-state index is 0.000976. The number of nitrogens with one attached hydrogen (secondary N) is 1. The second kappa shape index (κ2) is 5.51. The number of hydrogen-bond acceptors (Lipinski definition) is 4. The van der Waals surface area contributed by atoms with Crippen LogP contribution in [0.2, 0.25) is 0 Å². The number of rotatable bonds is 3. The van der Waals surface area contributed by atoms with E-state index in [1.807, 2.05) is 13.8 Å². The molecule has 0 spiro atoms. The first kappa shape index (κ1) is 14.0. The minimum atomic E-state index is -3.03. The molecule has 2 atom stereocenters. The summed E-state index contributed by atoms with van der Waals surface area (Å²) < 4.78 is 27.8.